The summed E-state index contributed by atoms with van der Waals surface area (Å²) in [5, 5.41) is 12.3. The molecule has 2 unspecified atom stereocenters. The number of hydrogen-bond acceptors (Lipinski definition) is 3. The first-order chi connectivity index (χ1) is 8.17. The molecule has 0 fully saturated rings. The van der Waals surface area contributed by atoms with Gasteiger partial charge in [0, 0.05) is 6.04 Å². The van der Waals surface area contributed by atoms with Gasteiger partial charge in [-0.15, -0.1) is 0 Å². The first-order valence-corrected chi connectivity index (χ1v) is 6.37. The largest absolute Gasteiger partial charge is 0.496 e. The van der Waals surface area contributed by atoms with Gasteiger partial charge >= 0.3 is 0 Å². The first kappa shape index (κ1) is 14.0. The molecule has 4 heteroatoms. The molecule has 0 saturated carbocycles. The highest BCUT2D eigenvalue weighted by atomic mass is 79.9. The Kier molecular flexibility index (Phi) is 5.46. The van der Waals surface area contributed by atoms with E-state index in [0.29, 0.717) is 0 Å². The fraction of sp³-hybridized carbons (Fsp3) is 0.462. The summed E-state index contributed by atoms with van der Waals surface area (Å²) in [4.78, 5) is 0. The van der Waals surface area contributed by atoms with Crippen molar-refractivity contribution in [2.24, 2.45) is 5.92 Å². The molecule has 0 amide bonds. The van der Waals surface area contributed by atoms with Gasteiger partial charge in [0.05, 0.1) is 23.6 Å². The van der Waals surface area contributed by atoms with Gasteiger partial charge in [0.25, 0.3) is 0 Å². The van der Waals surface area contributed by atoms with Gasteiger partial charge in [0.2, 0.25) is 0 Å². The van der Waals surface area contributed by atoms with E-state index in [1.54, 1.807) is 7.11 Å². The SMILES string of the molecule is CCC(C#N)C(NC)c1ccc(OC)c(Br)c1. The lowest BCUT2D eigenvalue weighted by atomic mass is 9.92. The molecule has 0 bridgehead atoms. The van der Waals surface area contributed by atoms with Gasteiger partial charge in [-0.2, -0.15) is 5.26 Å². The van der Waals surface area contributed by atoms with E-state index in [0.717, 1.165) is 22.2 Å². The minimum absolute atomic E-state index is 0.0275. The van der Waals surface area contributed by atoms with Crippen LogP contribution in [0.15, 0.2) is 22.7 Å². The molecule has 0 aliphatic carbocycles. The standard InChI is InChI=1S/C13H17BrN2O/c1-4-9(8-15)13(16-2)10-5-6-12(17-3)11(14)7-10/h5-7,9,13,16H,4H2,1-3H3. The molecular weight excluding hydrogens is 280 g/mol. The summed E-state index contributed by atoms with van der Waals surface area (Å²) in [7, 11) is 3.52. The highest BCUT2D eigenvalue weighted by molar-refractivity contribution is 9.10. The van der Waals surface area contributed by atoms with Crippen molar-refractivity contribution >= 4 is 15.9 Å². The van der Waals surface area contributed by atoms with E-state index in [1.165, 1.54) is 0 Å². The zero-order valence-corrected chi connectivity index (χ0v) is 11.9. The molecule has 0 aliphatic heterocycles. The Morgan fingerprint density at radius 1 is 1.53 bits per heavy atom. The average molecular weight is 297 g/mol. The molecular formula is C13H17BrN2O. The smallest absolute Gasteiger partial charge is 0.133 e. The number of benzene rings is 1. The molecule has 0 spiro atoms. The van der Waals surface area contributed by atoms with Crippen molar-refractivity contribution in [3.8, 4) is 11.8 Å². The van der Waals surface area contributed by atoms with Crippen molar-refractivity contribution in [2.45, 2.75) is 19.4 Å². The van der Waals surface area contributed by atoms with Crippen LogP contribution in [-0.4, -0.2) is 14.2 Å². The van der Waals surface area contributed by atoms with Crippen LogP contribution in [0.1, 0.15) is 24.9 Å². The van der Waals surface area contributed by atoms with Crippen molar-refractivity contribution in [1.29, 1.82) is 5.26 Å². The molecule has 0 aromatic heterocycles. The summed E-state index contributed by atoms with van der Waals surface area (Å²) in [6.45, 7) is 2.02. The summed E-state index contributed by atoms with van der Waals surface area (Å²) in [6.07, 6.45) is 0.825. The van der Waals surface area contributed by atoms with E-state index in [4.69, 9.17) is 10.00 Å². The van der Waals surface area contributed by atoms with Gasteiger partial charge in [-0.3, -0.25) is 0 Å². The molecule has 1 aromatic rings. The molecule has 0 aliphatic rings. The predicted molar refractivity (Wildman–Crippen MR) is 71.9 cm³/mol. The predicted octanol–water partition coefficient (Wildman–Crippen LogP) is 3.27. The number of rotatable bonds is 5. The Morgan fingerprint density at radius 2 is 2.24 bits per heavy atom. The van der Waals surface area contributed by atoms with E-state index in [2.05, 4.69) is 27.3 Å². The molecule has 1 aromatic carbocycles. The zero-order valence-electron chi connectivity index (χ0n) is 10.3. The second-order valence-corrected chi connectivity index (χ2v) is 4.66. The molecule has 1 N–H and O–H groups in total. The number of methoxy groups -OCH3 is 1. The van der Waals surface area contributed by atoms with E-state index in [1.807, 2.05) is 32.2 Å². The Labute approximate surface area is 111 Å². The van der Waals surface area contributed by atoms with Crippen LogP contribution in [-0.2, 0) is 0 Å². The van der Waals surface area contributed by atoms with Gasteiger partial charge in [0.15, 0.2) is 0 Å². The highest BCUT2D eigenvalue weighted by Crippen LogP contribution is 2.31. The molecule has 2 atom stereocenters. The van der Waals surface area contributed by atoms with Crippen LogP contribution < -0.4 is 10.1 Å². The van der Waals surface area contributed by atoms with Gasteiger partial charge in [-0.1, -0.05) is 13.0 Å². The van der Waals surface area contributed by atoms with Crippen molar-refractivity contribution in [1.82, 2.24) is 5.32 Å². The van der Waals surface area contributed by atoms with Crippen molar-refractivity contribution < 1.29 is 4.74 Å². The lowest BCUT2D eigenvalue weighted by Gasteiger charge is -2.21. The van der Waals surface area contributed by atoms with Gasteiger partial charge < -0.3 is 10.1 Å². The zero-order chi connectivity index (χ0) is 12.8. The van der Waals surface area contributed by atoms with E-state index >= 15 is 0 Å². The Bertz CT molecular complexity index is 414. The number of nitrogens with zero attached hydrogens (tertiary/aromatic N) is 1. The summed E-state index contributed by atoms with van der Waals surface area (Å²) < 4.78 is 6.10. The first-order valence-electron chi connectivity index (χ1n) is 5.58. The maximum Gasteiger partial charge on any atom is 0.133 e. The summed E-state index contributed by atoms with van der Waals surface area (Å²) >= 11 is 3.46. The van der Waals surface area contributed by atoms with Crippen LogP contribution in [0.4, 0.5) is 0 Å². The minimum atomic E-state index is -0.0275. The Balaban J connectivity index is 3.05. The topological polar surface area (TPSA) is 45.0 Å². The lowest BCUT2D eigenvalue weighted by Crippen LogP contribution is -2.24. The summed E-state index contributed by atoms with van der Waals surface area (Å²) in [5.74, 6) is 0.772. The third-order valence-corrected chi connectivity index (χ3v) is 3.47. The number of nitriles is 1. The molecule has 1 rings (SSSR count). The van der Waals surface area contributed by atoms with Gasteiger partial charge in [-0.05, 0) is 47.1 Å². The number of halogens is 1. The quantitative estimate of drug-likeness (QED) is 0.907. The molecule has 92 valence electrons. The van der Waals surface area contributed by atoms with Crippen LogP contribution in [0, 0.1) is 17.2 Å². The van der Waals surface area contributed by atoms with Crippen molar-refractivity contribution in [3.05, 3.63) is 28.2 Å². The van der Waals surface area contributed by atoms with Crippen molar-refractivity contribution in [2.75, 3.05) is 14.2 Å². The molecule has 3 nitrogen and oxygen atoms in total. The molecule has 17 heavy (non-hydrogen) atoms. The Hall–Kier alpha value is -1.05. The fourth-order valence-corrected chi connectivity index (χ4v) is 2.44. The van der Waals surface area contributed by atoms with Crippen LogP contribution in [0.5, 0.6) is 5.75 Å². The van der Waals surface area contributed by atoms with E-state index in [9.17, 15) is 0 Å². The average Bonchev–Trinajstić information content (AvgIpc) is 2.35. The van der Waals surface area contributed by atoms with Gasteiger partial charge in [-0.25, -0.2) is 0 Å². The maximum absolute atomic E-state index is 9.13. The highest BCUT2D eigenvalue weighted by Gasteiger charge is 2.20. The number of hydrogen-bond donors (Lipinski definition) is 1. The molecule has 0 saturated heterocycles. The third kappa shape index (κ3) is 3.21. The summed E-state index contributed by atoms with van der Waals surface area (Å²) in [6, 6.07) is 8.29. The fourth-order valence-electron chi connectivity index (χ4n) is 1.88. The van der Waals surface area contributed by atoms with Crippen LogP contribution in [0.2, 0.25) is 0 Å². The van der Waals surface area contributed by atoms with Gasteiger partial charge in [0.1, 0.15) is 5.75 Å². The summed E-state index contributed by atoms with van der Waals surface area (Å²) in [5.41, 5.74) is 1.09. The van der Waals surface area contributed by atoms with Crippen LogP contribution >= 0.6 is 15.9 Å². The monoisotopic (exact) mass is 296 g/mol. The normalized spacial score (nSPS) is 13.8. The van der Waals surface area contributed by atoms with E-state index in [-0.39, 0.29) is 12.0 Å². The maximum atomic E-state index is 9.13. The molecule has 0 heterocycles. The van der Waals surface area contributed by atoms with Crippen LogP contribution in [0.25, 0.3) is 0 Å². The lowest BCUT2D eigenvalue weighted by molar-refractivity contribution is 0.410. The number of nitrogens with one attached hydrogen (secondary N) is 1. The second kappa shape index (κ2) is 6.63. The van der Waals surface area contributed by atoms with Crippen molar-refractivity contribution in [3.63, 3.8) is 0 Å². The molecule has 0 radical (unpaired) electrons. The van der Waals surface area contributed by atoms with E-state index < -0.39 is 0 Å². The Morgan fingerprint density at radius 3 is 2.65 bits per heavy atom. The second-order valence-electron chi connectivity index (χ2n) is 3.80. The third-order valence-electron chi connectivity index (χ3n) is 2.85. The number of ether oxygens (including phenoxy) is 1. The minimum Gasteiger partial charge on any atom is -0.496 e. The van der Waals surface area contributed by atoms with Crippen LogP contribution in [0.3, 0.4) is 0 Å².